The average molecular weight is 257 g/mol. The molecule has 0 unspecified atom stereocenters. The topological polar surface area (TPSA) is 56.1 Å². The average Bonchev–Trinajstić information content (AvgIpc) is 2.69. The number of benzene rings is 1. The van der Waals surface area contributed by atoms with Crippen molar-refractivity contribution in [3.63, 3.8) is 0 Å². The molecule has 100 valence electrons. The highest BCUT2D eigenvalue weighted by atomic mass is 16.2. The summed E-state index contributed by atoms with van der Waals surface area (Å²) in [7, 11) is 0. The van der Waals surface area contributed by atoms with Crippen molar-refractivity contribution in [2.24, 2.45) is 0 Å². The molecule has 0 aliphatic carbocycles. The van der Waals surface area contributed by atoms with E-state index < -0.39 is 0 Å². The highest BCUT2D eigenvalue weighted by molar-refractivity contribution is 5.92. The van der Waals surface area contributed by atoms with Gasteiger partial charge in [-0.15, -0.1) is 0 Å². The van der Waals surface area contributed by atoms with E-state index in [-0.39, 0.29) is 11.4 Å². The monoisotopic (exact) mass is 257 g/mol. The SMILES string of the molecule is CC1(C)CCCN1CC(=O)Nc1cccc(C#N)c1. The highest BCUT2D eigenvalue weighted by Gasteiger charge is 2.32. The fraction of sp³-hybridized carbons (Fsp3) is 0.467. The van der Waals surface area contributed by atoms with Gasteiger partial charge in [-0.1, -0.05) is 6.07 Å². The summed E-state index contributed by atoms with van der Waals surface area (Å²) < 4.78 is 0. The quantitative estimate of drug-likeness (QED) is 0.904. The van der Waals surface area contributed by atoms with E-state index in [1.54, 1.807) is 24.3 Å². The fourth-order valence-corrected chi connectivity index (χ4v) is 2.50. The third-order valence-corrected chi connectivity index (χ3v) is 3.68. The molecule has 19 heavy (non-hydrogen) atoms. The summed E-state index contributed by atoms with van der Waals surface area (Å²) in [6.07, 6.45) is 2.27. The number of nitrogens with one attached hydrogen (secondary N) is 1. The molecule has 1 aromatic rings. The maximum absolute atomic E-state index is 12.0. The second kappa shape index (κ2) is 5.41. The lowest BCUT2D eigenvalue weighted by Crippen LogP contribution is -2.42. The van der Waals surface area contributed by atoms with Crippen LogP contribution >= 0.6 is 0 Å². The van der Waals surface area contributed by atoms with E-state index in [1.807, 2.05) is 0 Å². The van der Waals surface area contributed by atoms with Gasteiger partial charge in [0.2, 0.25) is 5.91 Å². The molecule has 0 radical (unpaired) electrons. The Morgan fingerprint density at radius 3 is 2.95 bits per heavy atom. The van der Waals surface area contributed by atoms with E-state index in [0.717, 1.165) is 19.4 Å². The normalized spacial score (nSPS) is 17.9. The third-order valence-electron chi connectivity index (χ3n) is 3.68. The molecule has 2 rings (SSSR count). The van der Waals surface area contributed by atoms with Crippen LogP contribution in [-0.4, -0.2) is 29.4 Å². The minimum atomic E-state index is -0.0231. The van der Waals surface area contributed by atoms with E-state index in [2.05, 4.69) is 30.1 Å². The lowest BCUT2D eigenvalue weighted by molar-refractivity contribution is -0.118. The lowest BCUT2D eigenvalue weighted by atomic mass is 10.0. The summed E-state index contributed by atoms with van der Waals surface area (Å²) in [5.74, 6) is -0.0231. The molecule has 1 aromatic carbocycles. The Labute approximate surface area is 114 Å². The second-order valence-corrected chi connectivity index (χ2v) is 5.58. The molecule has 4 heteroatoms. The number of nitriles is 1. The maximum Gasteiger partial charge on any atom is 0.238 e. The largest absolute Gasteiger partial charge is 0.325 e. The summed E-state index contributed by atoms with van der Waals surface area (Å²) >= 11 is 0. The number of nitrogens with zero attached hydrogens (tertiary/aromatic N) is 2. The lowest BCUT2D eigenvalue weighted by Gasteiger charge is -2.30. The van der Waals surface area contributed by atoms with E-state index in [4.69, 9.17) is 5.26 Å². The number of rotatable bonds is 3. The van der Waals surface area contributed by atoms with Crippen LogP contribution in [0.1, 0.15) is 32.3 Å². The minimum absolute atomic E-state index is 0.0231. The van der Waals surface area contributed by atoms with Crippen LogP contribution in [0.25, 0.3) is 0 Å². The van der Waals surface area contributed by atoms with Crippen molar-refractivity contribution in [2.75, 3.05) is 18.4 Å². The van der Waals surface area contributed by atoms with Crippen molar-refractivity contribution in [1.29, 1.82) is 5.26 Å². The van der Waals surface area contributed by atoms with Gasteiger partial charge in [-0.3, -0.25) is 9.69 Å². The zero-order chi connectivity index (χ0) is 13.9. The number of amides is 1. The Hall–Kier alpha value is -1.86. The molecule has 1 saturated heterocycles. The zero-order valence-electron chi connectivity index (χ0n) is 11.4. The molecule has 1 N–H and O–H groups in total. The van der Waals surface area contributed by atoms with Crippen molar-refractivity contribution >= 4 is 11.6 Å². The summed E-state index contributed by atoms with van der Waals surface area (Å²) in [4.78, 5) is 14.2. The molecule has 1 heterocycles. The predicted octanol–water partition coefficient (Wildman–Crippen LogP) is 2.37. The van der Waals surface area contributed by atoms with Crippen LogP contribution < -0.4 is 5.32 Å². The van der Waals surface area contributed by atoms with Gasteiger partial charge < -0.3 is 5.32 Å². The van der Waals surface area contributed by atoms with Gasteiger partial charge in [0, 0.05) is 11.2 Å². The number of anilines is 1. The third kappa shape index (κ3) is 3.33. The van der Waals surface area contributed by atoms with E-state index in [9.17, 15) is 4.79 Å². The molecule has 4 nitrogen and oxygen atoms in total. The first kappa shape index (κ1) is 13.6. The summed E-state index contributed by atoms with van der Waals surface area (Å²) in [6.45, 7) is 5.72. The zero-order valence-corrected chi connectivity index (χ0v) is 11.4. The number of carbonyl (C=O) groups is 1. The smallest absolute Gasteiger partial charge is 0.238 e. The second-order valence-electron chi connectivity index (χ2n) is 5.58. The van der Waals surface area contributed by atoms with E-state index in [0.29, 0.717) is 17.8 Å². The van der Waals surface area contributed by atoms with E-state index >= 15 is 0 Å². The molecular weight excluding hydrogens is 238 g/mol. The van der Waals surface area contributed by atoms with Crippen molar-refractivity contribution in [3.8, 4) is 6.07 Å². The standard InChI is InChI=1S/C15H19N3O/c1-15(2)7-4-8-18(15)11-14(19)17-13-6-3-5-12(9-13)10-16/h3,5-6,9H,4,7-8,11H2,1-2H3,(H,17,19). The van der Waals surface area contributed by atoms with Gasteiger partial charge in [0.15, 0.2) is 0 Å². The van der Waals surface area contributed by atoms with Gasteiger partial charge in [0.1, 0.15) is 0 Å². The first-order chi connectivity index (χ1) is 9.01. The molecule has 1 aliphatic rings. The van der Waals surface area contributed by atoms with Crippen molar-refractivity contribution in [2.45, 2.75) is 32.2 Å². The van der Waals surface area contributed by atoms with Gasteiger partial charge >= 0.3 is 0 Å². The summed E-state index contributed by atoms with van der Waals surface area (Å²) in [5.41, 5.74) is 1.34. The minimum Gasteiger partial charge on any atom is -0.325 e. The van der Waals surface area contributed by atoms with Crippen molar-refractivity contribution in [1.82, 2.24) is 4.90 Å². The molecule has 0 spiro atoms. The Balaban J connectivity index is 1.96. The van der Waals surface area contributed by atoms with Crippen LogP contribution in [0.5, 0.6) is 0 Å². The number of carbonyl (C=O) groups excluding carboxylic acids is 1. The van der Waals surface area contributed by atoms with Crippen LogP contribution in [0.15, 0.2) is 24.3 Å². The number of likely N-dealkylation sites (tertiary alicyclic amines) is 1. The summed E-state index contributed by atoms with van der Waals surface area (Å²) in [6, 6.07) is 9.05. The van der Waals surface area contributed by atoms with Crippen LogP contribution in [0.3, 0.4) is 0 Å². The first-order valence-corrected chi connectivity index (χ1v) is 6.56. The maximum atomic E-state index is 12.0. The molecule has 0 bridgehead atoms. The van der Waals surface area contributed by atoms with Gasteiger partial charge in [0.25, 0.3) is 0 Å². The van der Waals surface area contributed by atoms with Crippen LogP contribution in [0, 0.1) is 11.3 Å². The number of hydrogen-bond acceptors (Lipinski definition) is 3. The molecule has 1 aliphatic heterocycles. The van der Waals surface area contributed by atoms with Crippen molar-refractivity contribution < 1.29 is 4.79 Å². The van der Waals surface area contributed by atoms with Crippen LogP contribution in [0.2, 0.25) is 0 Å². The van der Waals surface area contributed by atoms with Gasteiger partial charge in [-0.05, 0) is 51.4 Å². The number of hydrogen-bond donors (Lipinski definition) is 1. The highest BCUT2D eigenvalue weighted by Crippen LogP contribution is 2.27. The Kier molecular flexibility index (Phi) is 3.87. The molecule has 1 fully saturated rings. The molecule has 0 atom stereocenters. The molecule has 0 saturated carbocycles. The van der Waals surface area contributed by atoms with Crippen LogP contribution in [-0.2, 0) is 4.79 Å². The Morgan fingerprint density at radius 1 is 1.53 bits per heavy atom. The van der Waals surface area contributed by atoms with Crippen molar-refractivity contribution in [3.05, 3.63) is 29.8 Å². The Bertz CT molecular complexity index is 516. The Morgan fingerprint density at radius 2 is 2.32 bits per heavy atom. The van der Waals surface area contributed by atoms with Gasteiger partial charge in [0.05, 0.1) is 18.2 Å². The van der Waals surface area contributed by atoms with Gasteiger partial charge in [-0.25, -0.2) is 0 Å². The molecule has 1 amide bonds. The van der Waals surface area contributed by atoms with Crippen LogP contribution in [0.4, 0.5) is 5.69 Å². The predicted molar refractivity (Wildman–Crippen MR) is 74.7 cm³/mol. The molecular formula is C15H19N3O. The van der Waals surface area contributed by atoms with Gasteiger partial charge in [-0.2, -0.15) is 5.26 Å². The molecule has 0 aromatic heterocycles. The van der Waals surface area contributed by atoms with E-state index in [1.165, 1.54) is 0 Å². The fourth-order valence-electron chi connectivity index (χ4n) is 2.50. The summed E-state index contributed by atoms with van der Waals surface area (Å²) in [5, 5.41) is 11.7. The first-order valence-electron chi connectivity index (χ1n) is 6.56.